The molecule has 0 radical (unpaired) electrons. The molecule has 0 bridgehead atoms. The van der Waals surface area contributed by atoms with Gasteiger partial charge in [-0.15, -0.1) is 12.4 Å². The molecule has 0 fully saturated rings. The summed E-state index contributed by atoms with van der Waals surface area (Å²) >= 11 is 0. The lowest BCUT2D eigenvalue weighted by atomic mass is 10.1. The van der Waals surface area contributed by atoms with Crippen molar-refractivity contribution in [3.05, 3.63) is 48.3 Å². The van der Waals surface area contributed by atoms with Crippen molar-refractivity contribution in [2.75, 3.05) is 18.9 Å². The number of anilines is 1. The minimum absolute atomic E-state index is 0. The number of carbonyl (C=O) groups excluding carboxylic acids is 1. The molecule has 1 heterocycles. The van der Waals surface area contributed by atoms with Gasteiger partial charge in [-0.1, -0.05) is 37.3 Å². The lowest BCUT2D eigenvalue weighted by Crippen LogP contribution is -2.29. The van der Waals surface area contributed by atoms with Crippen molar-refractivity contribution in [1.82, 2.24) is 14.9 Å². The molecule has 114 valence electrons. The summed E-state index contributed by atoms with van der Waals surface area (Å²) < 4.78 is 1.93. The van der Waals surface area contributed by atoms with E-state index >= 15 is 0 Å². The summed E-state index contributed by atoms with van der Waals surface area (Å²) in [6.07, 6.45) is 3.56. The molecule has 2 N–H and O–H groups in total. The number of nitrogens with zero attached hydrogens (tertiary/aromatic N) is 2. The van der Waals surface area contributed by atoms with E-state index in [4.69, 9.17) is 0 Å². The number of nitrogens with one attached hydrogen (secondary N) is 2. The van der Waals surface area contributed by atoms with Crippen LogP contribution in [0.3, 0.4) is 0 Å². The molecule has 1 atom stereocenters. The standard InChI is InChI=1S/C15H20N4O.ClH/c1-12(10-16-2)14(20)18-15-17-8-9-19(15)11-13-6-4-3-5-7-13;/h3-9,12,16H,10-11H2,1-2H3,(H,17,18,20);1H. The van der Waals surface area contributed by atoms with Crippen LogP contribution in [-0.2, 0) is 11.3 Å². The van der Waals surface area contributed by atoms with Crippen molar-refractivity contribution in [3.8, 4) is 0 Å². The maximum absolute atomic E-state index is 12.0. The van der Waals surface area contributed by atoms with E-state index in [-0.39, 0.29) is 24.2 Å². The average Bonchev–Trinajstić information content (AvgIpc) is 2.87. The van der Waals surface area contributed by atoms with Gasteiger partial charge in [-0.05, 0) is 12.6 Å². The van der Waals surface area contributed by atoms with Crippen LogP contribution < -0.4 is 10.6 Å². The van der Waals surface area contributed by atoms with Gasteiger partial charge in [-0.2, -0.15) is 0 Å². The number of hydrogen-bond donors (Lipinski definition) is 2. The van der Waals surface area contributed by atoms with Crippen molar-refractivity contribution < 1.29 is 4.79 Å². The fourth-order valence-corrected chi connectivity index (χ4v) is 1.97. The fraction of sp³-hybridized carbons (Fsp3) is 0.333. The number of hydrogen-bond acceptors (Lipinski definition) is 3. The van der Waals surface area contributed by atoms with Crippen LogP contribution >= 0.6 is 12.4 Å². The third kappa shape index (κ3) is 4.88. The molecule has 6 heteroatoms. The second kappa shape index (κ2) is 8.44. The molecule has 0 aliphatic rings. The summed E-state index contributed by atoms with van der Waals surface area (Å²) in [5, 5.41) is 5.86. The molecule has 2 aromatic rings. The van der Waals surface area contributed by atoms with Crippen LogP contribution in [0, 0.1) is 5.92 Å². The largest absolute Gasteiger partial charge is 0.319 e. The molecule has 0 saturated carbocycles. The Labute approximate surface area is 131 Å². The number of amides is 1. The average molecular weight is 309 g/mol. The van der Waals surface area contributed by atoms with Crippen molar-refractivity contribution in [1.29, 1.82) is 0 Å². The number of halogens is 1. The second-order valence-corrected chi connectivity index (χ2v) is 4.81. The monoisotopic (exact) mass is 308 g/mol. The first-order chi connectivity index (χ1) is 9.70. The van der Waals surface area contributed by atoms with Gasteiger partial charge in [0.05, 0.1) is 6.54 Å². The van der Waals surface area contributed by atoms with Crippen LogP contribution in [0.25, 0.3) is 0 Å². The molecule has 0 spiro atoms. The predicted molar refractivity (Wildman–Crippen MR) is 86.7 cm³/mol. The number of benzene rings is 1. The van der Waals surface area contributed by atoms with E-state index < -0.39 is 0 Å². The van der Waals surface area contributed by atoms with E-state index in [1.807, 2.05) is 42.9 Å². The molecule has 0 aliphatic heterocycles. The van der Waals surface area contributed by atoms with Gasteiger partial charge in [0, 0.05) is 24.9 Å². The lowest BCUT2D eigenvalue weighted by molar-refractivity contribution is -0.119. The van der Waals surface area contributed by atoms with Gasteiger partial charge >= 0.3 is 0 Å². The van der Waals surface area contributed by atoms with Crippen LogP contribution in [0.5, 0.6) is 0 Å². The van der Waals surface area contributed by atoms with Gasteiger partial charge in [0.1, 0.15) is 0 Å². The summed E-state index contributed by atoms with van der Waals surface area (Å²) in [4.78, 5) is 16.2. The van der Waals surface area contributed by atoms with E-state index in [2.05, 4.69) is 27.8 Å². The Morgan fingerprint density at radius 2 is 2.05 bits per heavy atom. The lowest BCUT2D eigenvalue weighted by Gasteiger charge is -2.13. The van der Waals surface area contributed by atoms with Gasteiger partial charge in [-0.3, -0.25) is 10.1 Å². The van der Waals surface area contributed by atoms with E-state index in [1.54, 1.807) is 6.20 Å². The molecular weight excluding hydrogens is 288 g/mol. The van der Waals surface area contributed by atoms with E-state index in [0.717, 1.165) is 0 Å². The SMILES string of the molecule is CNCC(C)C(=O)Nc1nccn1Cc1ccccc1.Cl. The highest BCUT2D eigenvalue weighted by atomic mass is 35.5. The summed E-state index contributed by atoms with van der Waals surface area (Å²) in [5.74, 6) is 0.462. The van der Waals surface area contributed by atoms with E-state index in [0.29, 0.717) is 19.0 Å². The molecule has 21 heavy (non-hydrogen) atoms. The van der Waals surface area contributed by atoms with Gasteiger partial charge in [0.2, 0.25) is 11.9 Å². The van der Waals surface area contributed by atoms with Gasteiger partial charge in [0.15, 0.2) is 0 Å². The Bertz CT molecular complexity index is 556. The molecule has 1 aromatic heterocycles. The zero-order valence-electron chi connectivity index (χ0n) is 12.2. The van der Waals surface area contributed by atoms with Crippen molar-refractivity contribution >= 4 is 24.3 Å². The highest BCUT2D eigenvalue weighted by Crippen LogP contribution is 2.10. The topological polar surface area (TPSA) is 59.0 Å². The first kappa shape index (κ1) is 17.2. The third-order valence-corrected chi connectivity index (χ3v) is 3.10. The molecule has 0 saturated heterocycles. The van der Waals surface area contributed by atoms with Crippen LogP contribution in [-0.4, -0.2) is 29.1 Å². The molecule has 5 nitrogen and oxygen atoms in total. The van der Waals surface area contributed by atoms with Gasteiger partial charge in [-0.25, -0.2) is 4.98 Å². The predicted octanol–water partition coefficient (Wildman–Crippen LogP) is 2.15. The van der Waals surface area contributed by atoms with Crippen LogP contribution in [0.4, 0.5) is 5.95 Å². The maximum Gasteiger partial charge on any atom is 0.230 e. The Kier molecular flexibility index (Phi) is 6.91. The molecule has 1 unspecified atom stereocenters. The van der Waals surface area contributed by atoms with E-state index in [9.17, 15) is 4.79 Å². The van der Waals surface area contributed by atoms with Crippen LogP contribution in [0.2, 0.25) is 0 Å². The Balaban J connectivity index is 0.00000220. The van der Waals surface area contributed by atoms with Crippen molar-refractivity contribution in [2.45, 2.75) is 13.5 Å². The first-order valence-electron chi connectivity index (χ1n) is 6.71. The first-order valence-corrected chi connectivity index (χ1v) is 6.71. The zero-order chi connectivity index (χ0) is 14.4. The second-order valence-electron chi connectivity index (χ2n) is 4.81. The van der Waals surface area contributed by atoms with Gasteiger partial charge in [0.25, 0.3) is 0 Å². The number of carbonyl (C=O) groups is 1. The minimum Gasteiger partial charge on any atom is -0.319 e. The summed E-state index contributed by atoms with van der Waals surface area (Å²) in [5.41, 5.74) is 1.17. The minimum atomic E-state index is -0.0955. The number of rotatable bonds is 6. The molecule has 0 aliphatic carbocycles. The number of imidazole rings is 1. The zero-order valence-corrected chi connectivity index (χ0v) is 13.1. The maximum atomic E-state index is 12.0. The molecule has 1 amide bonds. The Morgan fingerprint density at radius 3 is 2.71 bits per heavy atom. The molecule has 2 rings (SSSR count). The summed E-state index contributed by atoms with van der Waals surface area (Å²) in [6.45, 7) is 3.22. The van der Waals surface area contributed by atoms with Crippen LogP contribution in [0.1, 0.15) is 12.5 Å². The number of aromatic nitrogens is 2. The molecule has 1 aromatic carbocycles. The normalized spacial score (nSPS) is 11.5. The molecular formula is C15H21ClN4O. The summed E-state index contributed by atoms with van der Waals surface area (Å²) in [7, 11) is 1.83. The third-order valence-electron chi connectivity index (χ3n) is 3.10. The Morgan fingerprint density at radius 1 is 1.33 bits per heavy atom. The van der Waals surface area contributed by atoms with Crippen molar-refractivity contribution in [2.24, 2.45) is 5.92 Å². The highest BCUT2D eigenvalue weighted by molar-refractivity contribution is 5.90. The van der Waals surface area contributed by atoms with Gasteiger partial charge < -0.3 is 9.88 Å². The van der Waals surface area contributed by atoms with Crippen molar-refractivity contribution in [3.63, 3.8) is 0 Å². The Hall–Kier alpha value is -1.85. The fourth-order valence-electron chi connectivity index (χ4n) is 1.97. The van der Waals surface area contributed by atoms with E-state index in [1.165, 1.54) is 5.56 Å². The smallest absolute Gasteiger partial charge is 0.230 e. The van der Waals surface area contributed by atoms with Crippen LogP contribution in [0.15, 0.2) is 42.7 Å². The summed E-state index contributed by atoms with van der Waals surface area (Å²) in [6, 6.07) is 10.1. The highest BCUT2D eigenvalue weighted by Gasteiger charge is 2.14. The quantitative estimate of drug-likeness (QED) is 0.859.